The van der Waals surface area contributed by atoms with Crippen LogP contribution in [0.25, 0.3) is 0 Å². The summed E-state index contributed by atoms with van der Waals surface area (Å²) in [5.74, 6) is -0.360. The third-order valence-electron chi connectivity index (χ3n) is 2.52. The van der Waals surface area contributed by atoms with Gasteiger partial charge in [-0.05, 0) is 19.0 Å². The highest BCUT2D eigenvalue weighted by Crippen LogP contribution is 2.21. The first-order valence-electron chi connectivity index (χ1n) is 5.29. The molecule has 0 spiro atoms. The van der Waals surface area contributed by atoms with Gasteiger partial charge in [-0.1, -0.05) is 30.3 Å². The standard InChI is InChI=1S/C12H18N2O2/c1-14(9-12(13)16)11(7-8-15)10-5-3-2-4-6-10/h2-6,11,15H,7-9H2,1H3,(H2,13,16)/t11-/m1/s1. The third-order valence-corrected chi connectivity index (χ3v) is 2.52. The molecule has 1 atom stereocenters. The summed E-state index contributed by atoms with van der Waals surface area (Å²) in [6.45, 7) is 0.280. The van der Waals surface area contributed by atoms with Crippen LogP contribution in [0.2, 0.25) is 0 Å². The summed E-state index contributed by atoms with van der Waals surface area (Å²) in [6.07, 6.45) is 0.591. The Morgan fingerprint density at radius 3 is 2.56 bits per heavy atom. The summed E-state index contributed by atoms with van der Waals surface area (Å²) in [5, 5.41) is 9.04. The SMILES string of the molecule is CN(CC(N)=O)[C@H](CCO)c1ccccc1. The van der Waals surface area contributed by atoms with Gasteiger partial charge in [0, 0.05) is 12.6 Å². The Bertz CT molecular complexity index is 327. The molecule has 88 valence electrons. The minimum absolute atomic E-state index is 0.0266. The molecular formula is C12H18N2O2. The molecule has 4 heteroatoms. The van der Waals surface area contributed by atoms with Crippen LogP contribution in [0.4, 0.5) is 0 Å². The molecule has 0 radical (unpaired) electrons. The fourth-order valence-corrected chi connectivity index (χ4v) is 1.80. The molecule has 3 N–H and O–H groups in total. The molecule has 0 fully saturated rings. The number of aliphatic hydroxyl groups excluding tert-OH is 1. The van der Waals surface area contributed by atoms with Gasteiger partial charge in [-0.15, -0.1) is 0 Å². The summed E-state index contributed by atoms with van der Waals surface area (Å²) < 4.78 is 0. The number of hydrogen-bond donors (Lipinski definition) is 2. The van der Waals surface area contributed by atoms with Crippen LogP contribution >= 0.6 is 0 Å². The molecule has 0 saturated heterocycles. The average molecular weight is 222 g/mol. The molecule has 0 aliphatic rings. The van der Waals surface area contributed by atoms with Crippen LogP contribution in [-0.2, 0) is 4.79 Å². The number of nitrogens with zero attached hydrogens (tertiary/aromatic N) is 1. The van der Waals surface area contributed by atoms with Crippen LogP contribution < -0.4 is 5.73 Å². The second-order valence-electron chi connectivity index (χ2n) is 3.82. The Kier molecular flexibility index (Phi) is 4.95. The third kappa shape index (κ3) is 3.64. The van der Waals surface area contributed by atoms with E-state index >= 15 is 0 Å². The van der Waals surface area contributed by atoms with E-state index in [0.717, 1.165) is 5.56 Å². The molecule has 0 saturated carbocycles. The lowest BCUT2D eigenvalue weighted by molar-refractivity contribution is -0.119. The first kappa shape index (κ1) is 12.7. The lowest BCUT2D eigenvalue weighted by Gasteiger charge is -2.26. The normalized spacial score (nSPS) is 12.7. The lowest BCUT2D eigenvalue weighted by atomic mass is 10.0. The van der Waals surface area contributed by atoms with Crippen LogP contribution in [-0.4, -0.2) is 36.1 Å². The smallest absolute Gasteiger partial charge is 0.231 e. The Morgan fingerprint density at radius 1 is 1.44 bits per heavy atom. The van der Waals surface area contributed by atoms with Crippen LogP contribution in [0.5, 0.6) is 0 Å². The number of hydrogen-bond acceptors (Lipinski definition) is 3. The number of amides is 1. The zero-order valence-corrected chi connectivity index (χ0v) is 9.47. The largest absolute Gasteiger partial charge is 0.396 e. The summed E-state index contributed by atoms with van der Waals surface area (Å²) >= 11 is 0. The second kappa shape index (κ2) is 6.25. The van der Waals surface area contributed by atoms with E-state index in [9.17, 15) is 4.79 Å². The second-order valence-corrected chi connectivity index (χ2v) is 3.82. The van der Waals surface area contributed by atoms with E-state index in [1.165, 1.54) is 0 Å². The molecule has 0 unspecified atom stereocenters. The molecule has 0 aromatic heterocycles. The van der Waals surface area contributed by atoms with Gasteiger partial charge in [0.05, 0.1) is 6.54 Å². The van der Waals surface area contributed by atoms with Gasteiger partial charge in [0.1, 0.15) is 0 Å². The van der Waals surface area contributed by atoms with Crippen molar-refractivity contribution in [3.63, 3.8) is 0 Å². The molecule has 1 rings (SSSR count). The van der Waals surface area contributed by atoms with Crippen LogP contribution in [0, 0.1) is 0 Å². The van der Waals surface area contributed by atoms with Crippen molar-refractivity contribution < 1.29 is 9.90 Å². The van der Waals surface area contributed by atoms with E-state index in [1.54, 1.807) is 0 Å². The van der Waals surface area contributed by atoms with Gasteiger partial charge in [-0.2, -0.15) is 0 Å². The van der Waals surface area contributed by atoms with Gasteiger partial charge in [0.25, 0.3) is 0 Å². The molecular weight excluding hydrogens is 204 g/mol. The molecule has 4 nitrogen and oxygen atoms in total. The quantitative estimate of drug-likeness (QED) is 0.737. The maximum absolute atomic E-state index is 10.9. The Morgan fingerprint density at radius 2 is 2.06 bits per heavy atom. The number of aliphatic hydroxyl groups is 1. The highest BCUT2D eigenvalue weighted by atomic mass is 16.3. The van der Waals surface area contributed by atoms with Gasteiger partial charge in [-0.25, -0.2) is 0 Å². The minimum atomic E-state index is -0.360. The lowest BCUT2D eigenvalue weighted by Crippen LogP contribution is -2.34. The average Bonchev–Trinajstić information content (AvgIpc) is 2.26. The van der Waals surface area contributed by atoms with Crippen LogP contribution in [0.1, 0.15) is 18.0 Å². The first-order chi connectivity index (χ1) is 7.65. The van der Waals surface area contributed by atoms with Gasteiger partial charge in [-0.3, -0.25) is 9.69 Å². The van der Waals surface area contributed by atoms with E-state index < -0.39 is 0 Å². The van der Waals surface area contributed by atoms with Crippen molar-refractivity contribution in [1.29, 1.82) is 0 Å². The van der Waals surface area contributed by atoms with Gasteiger partial charge in [0.2, 0.25) is 5.91 Å². The highest BCUT2D eigenvalue weighted by molar-refractivity contribution is 5.75. The van der Waals surface area contributed by atoms with Crippen molar-refractivity contribution >= 4 is 5.91 Å². The molecule has 16 heavy (non-hydrogen) atoms. The van der Waals surface area contributed by atoms with E-state index in [4.69, 9.17) is 10.8 Å². The van der Waals surface area contributed by atoms with E-state index in [1.807, 2.05) is 42.3 Å². The zero-order valence-electron chi connectivity index (χ0n) is 9.47. The maximum Gasteiger partial charge on any atom is 0.231 e. The Balaban J connectivity index is 2.78. The molecule has 0 bridgehead atoms. The number of likely N-dealkylation sites (N-methyl/N-ethyl adjacent to an activating group) is 1. The topological polar surface area (TPSA) is 66.6 Å². The predicted molar refractivity (Wildman–Crippen MR) is 62.7 cm³/mol. The summed E-state index contributed by atoms with van der Waals surface area (Å²) in [4.78, 5) is 12.7. The van der Waals surface area contributed by atoms with Crippen molar-refractivity contribution in [2.24, 2.45) is 5.73 Å². The number of primary amides is 1. The molecule has 0 heterocycles. The summed E-state index contributed by atoms with van der Waals surface area (Å²) in [5.41, 5.74) is 6.25. The fraction of sp³-hybridized carbons (Fsp3) is 0.417. The first-order valence-corrected chi connectivity index (χ1v) is 5.29. The van der Waals surface area contributed by atoms with Crippen LogP contribution in [0.15, 0.2) is 30.3 Å². The number of benzene rings is 1. The molecule has 1 amide bonds. The minimum Gasteiger partial charge on any atom is -0.396 e. The van der Waals surface area contributed by atoms with Crippen molar-refractivity contribution in [3.05, 3.63) is 35.9 Å². The number of carbonyl (C=O) groups excluding carboxylic acids is 1. The van der Waals surface area contributed by atoms with Gasteiger partial charge < -0.3 is 10.8 Å². The Labute approximate surface area is 95.7 Å². The molecule has 1 aromatic rings. The molecule has 0 aliphatic heterocycles. The summed E-state index contributed by atoms with van der Waals surface area (Å²) in [6, 6.07) is 9.82. The molecule has 1 aromatic carbocycles. The van der Waals surface area contributed by atoms with Crippen molar-refractivity contribution in [2.45, 2.75) is 12.5 Å². The van der Waals surface area contributed by atoms with Crippen LogP contribution in [0.3, 0.4) is 0 Å². The van der Waals surface area contributed by atoms with E-state index in [-0.39, 0.29) is 25.1 Å². The fourth-order valence-electron chi connectivity index (χ4n) is 1.80. The molecule has 0 aliphatic carbocycles. The zero-order chi connectivity index (χ0) is 12.0. The van der Waals surface area contributed by atoms with Crippen molar-refractivity contribution in [1.82, 2.24) is 4.90 Å². The van der Waals surface area contributed by atoms with Crippen molar-refractivity contribution in [3.8, 4) is 0 Å². The number of carbonyl (C=O) groups is 1. The number of rotatable bonds is 6. The van der Waals surface area contributed by atoms with Gasteiger partial charge >= 0.3 is 0 Å². The summed E-state index contributed by atoms with van der Waals surface area (Å²) in [7, 11) is 1.83. The van der Waals surface area contributed by atoms with E-state index in [0.29, 0.717) is 6.42 Å². The number of nitrogens with two attached hydrogens (primary N) is 1. The Hall–Kier alpha value is -1.39. The monoisotopic (exact) mass is 222 g/mol. The maximum atomic E-state index is 10.9. The van der Waals surface area contributed by atoms with E-state index in [2.05, 4.69) is 0 Å². The van der Waals surface area contributed by atoms with Gasteiger partial charge in [0.15, 0.2) is 0 Å². The predicted octanol–water partition coefficient (Wildman–Crippen LogP) is 0.527. The van der Waals surface area contributed by atoms with Crippen molar-refractivity contribution in [2.75, 3.05) is 20.2 Å². The highest BCUT2D eigenvalue weighted by Gasteiger charge is 2.17.